The Morgan fingerprint density at radius 2 is 1.97 bits per heavy atom. The maximum absolute atomic E-state index is 12.6. The van der Waals surface area contributed by atoms with E-state index in [9.17, 15) is 8.42 Å². The molecule has 2 unspecified atom stereocenters. The molecule has 2 atom stereocenters. The quantitative estimate of drug-likeness (QED) is 0.532. The molecule has 0 bridgehead atoms. The van der Waals surface area contributed by atoms with E-state index in [-0.39, 0.29) is 5.75 Å². The number of aromatic nitrogens is 1. The van der Waals surface area contributed by atoms with Gasteiger partial charge in [-0.25, -0.2) is 8.42 Å². The van der Waals surface area contributed by atoms with Crippen molar-refractivity contribution < 1.29 is 12.9 Å². The number of benzene rings is 1. The van der Waals surface area contributed by atoms with Crippen LogP contribution in [-0.2, 0) is 15.8 Å². The lowest BCUT2D eigenvalue weighted by molar-refractivity contribution is 0.259. The predicted octanol–water partition coefficient (Wildman–Crippen LogP) is 1.89. The van der Waals surface area contributed by atoms with Crippen molar-refractivity contribution in [3.05, 3.63) is 53.9 Å². The van der Waals surface area contributed by atoms with Gasteiger partial charge in [-0.3, -0.25) is 4.99 Å². The monoisotopic (exact) mass is 431 g/mol. The minimum atomic E-state index is -3.40. The summed E-state index contributed by atoms with van der Waals surface area (Å²) in [4.78, 5) is 7.02. The predicted molar refractivity (Wildman–Crippen MR) is 116 cm³/mol. The van der Waals surface area contributed by atoms with E-state index in [4.69, 9.17) is 9.52 Å². The third-order valence-corrected chi connectivity index (χ3v) is 7.53. The van der Waals surface area contributed by atoms with Gasteiger partial charge in [0.25, 0.3) is 0 Å². The summed E-state index contributed by atoms with van der Waals surface area (Å²) in [6, 6.07) is 12.2. The fourth-order valence-corrected chi connectivity index (χ4v) is 5.38. The van der Waals surface area contributed by atoms with E-state index in [1.54, 1.807) is 6.07 Å². The number of hydrogen-bond donors (Lipinski definition) is 1. The smallest absolute Gasteiger partial charge is 0.220 e. The standard InChI is InChI=1S/C21H29N5O3S/c1-2-22-21(23-15-18-14-20(18)17-6-4-3-5-7-17)25-9-11-26(12-10-25)30(27,28)16-19-8-13-29-24-19/h3-8,13,18,20H,2,9-12,14-16H2,1H3,(H,22,23). The van der Waals surface area contributed by atoms with Gasteiger partial charge in [-0.05, 0) is 30.7 Å². The van der Waals surface area contributed by atoms with E-state index < -0.39 is 10.0 Å². The first-order chi connectivity index (χ1) is 14.6. The first-order valence-corrected chi connectivity index (χ1v) is 12.1. The molecule has 1 saturated heterocycles. The number of hydrogen-bond acceptors (Lipinski definition) is 5. The molecular weight excluding hydrogens is 402 g/mol. The van der Waals surface area contributed by atoms with Gasteiger partial charge in [0.15, 0.2) is 5.96 Å². The summed E-state index contributed by atoms with van der Waals surface area (Å²) >= 11 is 0. The average molecular weight is 432 g/mol. The van der Waals surface area contributed by atoms with Gasteiger partial charge in [0.2, 0.25) is 10.0 Å². The largest absolute Gasteiger partial charge is 0.364 e. The number of nitrogens with zero attached hydrogens (tertiary/aromatic N) is 4. The number of nitrogens with one attached hydrogen (secondary N) is 1. The Labute approximate surface area is 178 Å². The molecule has 1 aliphatic carbocycles. The van der Waals surface area contributed by atoms with Gasteiger partial charge >= 0.3 is 0 Å². The van der Waals surface area contributed by atoms with Crippen molar-refractivity contribution in [1.29, 1.82) is 0 Å². The summed E-state index contributed by atoms with van der Waals surface area (Å²) < 4.78 is 31.5. The summed E-state index contributed by atoms with van der Waals surface area (Å²) in [5, 5.41) is 7.08. The highest BCUT2D eigenvalue weighted by atomic mass is 32.2. The Morgan fingerprint density at radius 1 is 1.20 bits per heavy atom. The van der Waals surface area contributed by atoms with Crippen LogP contribution in [0.15, 0.2) is 52.2 Å². The number of guanidine groups is 1. The third-order valence-electron chi connectivity index (χ3n) is 5.71. The van der Waals surface area contributed by atoms with Crippen LogP contribution in [0.1, 0.15) is 30.5 Å². The molecule has 1 saturated carbocycles. The molecule has 1 aliphatic heterocycles. The van der Waals surface area contributed by atoms with Crippen molar-refractivity contribution in [2.75, 3.05) is 39.3 Å². The highest BCUT2D eigenvalue weighted by Crippen LogP contribution is 2.47. The lowest BCUT2D eigenvalue weighted by Gasteiger charge is -2.35. The number of piperazine rings is 1. The molecule has 1 N–H and O–H groups in total. The van der Waals surface area contributed by atoms with Crippen molar-refractivity contribution in [3.8, 4) is 0 Å². The van der Waals surface area contributed by atoms with Crippen molar-refractivity contribution in [1.82, 2.24) is 19.7 Å². The normalized spacial score (nSPS) is 22.8. The Hall–Kier alpha value is -2.39. The number of rotatable bonds is 7. The van der Waals surface area contributed by atoms with Crippen LogP contribution in [0.3, 0.4) is 0 Å². The van der Waals surface area contributed by atoms with Crippen LogP contribution in [0.25, 0.3) is 0 Å². The molecular formula is C21H29N5O3S. The molecule has 9 heteroatoms. The molecule has 4 rings (SSSR count). The summed E-state index contributed by atoms with van der Waals surface area (Å²) in [7, 11) is -3.40. The van der Waals surface area contributed by atoms with E-state index in [1.807, 2.05) is 6.07 Å². The Morgan fingerprint density at radius 3 is 2.63 bits per heavy atom. The van der Waals surface area contributed by atoms with Gasteiger partial charge in [0, 0.05) is 45.3 Å². The van der Waals surface area contributed by atoms with Crippen LogP contribution in [0.2, 0.25) is 0 Å². The lowest BCUT2D eigenvalue weighted by Crippen LogP contribution is -2.54. The van der Waals surface area contributed by atoms with Gasteiger partial charge < -0.3 is 14.7 Å². The topological polar surface area (TPSA) is 91.0 Å². The van der Waals surface area contributed by atoms with Crippen LogP contribution < -0.4 is 5.32 Å². The minimum Gasteiger partial charge on any atom is -0.364 e. The van der Waals surface area contributed by atoms with E-state index in [0.717, 1.165) is 19.0 Å². The van der Waals surface area contributed by atoms with Crippen LogP contribution in [-0.4, -0.2) is 68.0 Å². The molecule has 2 fully saturated rings. The first kappa shape index (κ1) is 20.9. The zero-order valence-electron chi connectivity index (χ0n) is 17.3. The maximum atomic E-state index is 12.6. The summed E-state index contributed by atoms with van der Waals surface area (Å²) in [5.74, 6) is 1.95. The molecule has 1 aromatic heterocycles. The molecule has 2 aliphatic rings. The zero-order chi connectivity index (χ0) is 21.0. The van der Waals surface area contributed by atoms with Crippen molar-refractivity contribution in [3.63, 3.8) is 0 Å². The Bertz CT molecular complexity index is 938. The summed E-state index contributed by atoms with van der Waals surface area (Å²) in [6.45, 7) is 5.77. The second-order valence-corrected chi connectivity index (χ2v) is 9.81. The lowest BCUT2D eigenvalue weighted by atomic mass is 10.1. The van der Waals surface area contributed by atoms with Gasteiger partial charge in [0.1, 0.15) is 12.0 Å². The van der Waals surface area contributed by atoms with E-state index in [2.05, 4.69) is 46.6 Å². The van der Waals surface area contributed by atoms with Gasteiger partial charge in [-0.2, -0.15) is 4.31 Å². The fraction of sp³-hybridized carbons (Fsp3) is 0.524. The average Bonchev–Trinajstić information content (AvgIpc) is 3.37. The zero-order valence-corrected chi connectivity index (χ0v) is 18.1. The van der Waals surface area contributed by atoms with Crippen LogP contribution in [0.4, 0.5) is 0 Å². The fourth-order valence-electron chi connectivity index (χ4n) is 3.96. The van der Waals surface area contributed by atoms with Crippen LogP contribution >= 0.6 is 0 Å². The summed E-state index contributed by atoms with van der Waals surface area (Å²) in [6.07, 6.45) is 2.57. The Balaban J connectivity index is 1.32. The molecule has 1 aromatic carbocycles. The van der Waals surface area contributed by atoms with Gasteiger partial charge in [-0.1, -0.05) is 35.5 Å². The van der Waals surface area contributed by atoms with Gasteiger partial charge in [0.05, 0.1) is 5.69 Å². The second-order valence-electron chi connectivity index (χ2n) is 7.84. The highest BCUT2D eigenvalue weighted by Gasteiger charge is 2.38. The van der Waals surface area contributed by atoms with Crippen LogP contribution in [0, 0.1) is 5.92 Å². The van der Waals surface area contributed by atoms with Crippen molar-refractivity contribution >= 4 is 16.0 Å². The number of aliphatic imine (C=N–C) groups is 1. The molecule has 2 aromatic rings. The first-order valence-electron chi connectivity index (χ1n) is 10.5. The molecule has 8 nitrogen and oxygen atoms in total. The highest BCUT2D eigenvalue weighted by molar-refractivity contribution is 7.88. The minimum absolute atomic E-state index is 0.125. The maximum Gasteiger partial charge on any atom is 0.220 e. The molecule has 0 amide bonds. The molecule has 2 heterocycles. The van der Waals surface area contributed by atoms with E-state index in [1.165, 1.54) is 22.6 Å². The number of sulfonamides is 1. The summed E-state index contributed by atoms with van der Waals surface area (Å²) in [5.41, 5.74) is 1.83. The molecule has 162 valence electrons. The Kier molecular flexibility index (Phi) is 6.38. The molecule has 30 heavy (non-hydrogen) atoms. The third kappa shape index (κ3) is 5.02. The molecule has 0 radical (unpaired) electrons. The van der Waals surface area contributed by atoms with Crippen molar-refractivity contribution in [2.45, 2.75) is 25.0 Å². The van der Waals surface area contributed by atoms with Gasteiger partial charge in [-0.15, -0.1) is 0 Å². The van der Waals surface area contributed by atoms with E-state index in [0.29, 0.717) is 43.7 Å². The second kappa shape index (κ2) is 9.18. The van der Waals surface area contributed by atoms with Crippen molar-refractivity contribution in [2.24, 2.45) is 10.9 Å². The SMILES string of the molecule is CCNC(=NCC1CC1c1ccccc1)N1CCN(S(=O)(=O)Cc2ccon2)CC1. The van der Waals surface area contributed by atoms with E-state index >= 15 is 0 Å². The van der Waals surface area contributed by atoms with Crippen LogP contribution in [0.5, 0.6) is 0 Å². The molecule has 0 spiro atoms.